The molecule has 7 heteroatoms. The van der Waals surface area contributed by atoms with Gasteiger partial charge in [0.2, 0.25) is 5.88 Å². The van der Waals surface area contributed by atoms with E-state index in [4.69, 9.17) is 26.8 Å². The summed E-state index contributed by atoms with van der Waals surface area (Å²) in [6.07, 6.45) is 1.52. The van der Waals surface area contributed by atoms with Gasteiger partial charge in [-0.3, -0.25) is 4.79 Å². The van der Waals surface area contributed by atoms with Gasteiger partial charge in [-0.25, -0.2) is 9.97 Å². The zero-order valence-corrected chi connectivity index (χ0v) is 12.7. The number of primary amides is 1. The molecule has 2 N–H and O–H groups in total. The standard InChI is InChI=1S/C16H12ClN3O3/c17-10-1-6-13-14(7-10)19-8-16(20-13)23-12-4-2-11(3-5-12)22-9-15(18)21/h1-8H,9H2,(H2,18,21). The molecule has 0 spiro atoms. The van der Waals surface area contributed by atoms with E-state index in [-0.39, 0.29) is 6.61 Å². The molecule has 2 aromatic carbocycles. The molecule has 0 radical (unpaired) electrons. The molecule has 0 atom stereocenters. The molecule has 0 unspecified atom stereocenters. The van der Waals surface area contributed by atoms with E-state index < -0.39 is 5.91 Å². The van der Waals surface area contributed by atoms with Gasteiger partial charge in [-0.2, -0.15) is 0 Å². The third kappa shape index (κ3) is 3.87. The molecule has 3 rings (SSSR count). The minimum atomic E-state index is -0.531. The summed E-state index contributed by atoms with van der Waals surface area (Å²) in [4.78, 5) is 19.3. The highest BCUT2D eigenvalue weighted by Crippen LogP contribution is 2.24. The van der Waals surface area contributed by atoms with Gasteiger partial charge in [0.25, 0.3) is 5.91 Å². The van der Waals surface area contributed by atoms with Crippen molar-refractivity contribution in [3.8, 4) is 17.4 Å². The van der Waals surface area contributed by atoms with Crippen molar-refractivity contribution >= 4 is 28.5 Å². The first kappa shape index (κ1) is 15.1. The summed E-state index contributed by atoms with van der Waals surface area (Å²) in [5, 5.41) is 0.604. The molecule has 0 aliphatic heterocycles. The van der Waals surface area contributed by atoms with E-state index in [2.05, 4.69) is 9.97 Å². The Bertz CT molecular complexity index is 853. The van der Waals surface area contributed by atoms with Gasteiger partial charge >= 0.3 is 0 Å². The molecular weight excluding hydrogens is 318 g/mol. The molecule has 0 saturated heterocycles. The van der Waals surface area contributed by atoms with Crippen LogP contribution >= 0.6 is 11.6 Å². The first-order valence-electron chi connectivity index (χ1n) is 6.71. The maximum atomic E-state index is 10.7. The Labute approximate surface area is 136 Å². The molecule has 0 aliphatic rings. The fourth-order valence-electron chi connectivity index (χ4n) is 1.90. The van der Waals surface area contributed by atoms with Crippen LogP contribution in [0.25, 0.3) is 11.0 Å². The maximum Gasteiger partial charge on any atom is 0.255 e. The second kappa shape index (κ2) is 6.50. The van der Waals surface area contributed by atoms with Crippen LogP contribution in [0.15, 0.2) is 48.7 Å². The molecule has 1 heterocycles. The maximum absolute atomic E-state index is 10.7. The summed E-state index contributed by atoms with van der Waals surface area (Å²) in [6.45, 7) is -0.168. The Hall–Kier alpha value is -2.86. The highest BCUT2D eigenvalue weighted by molar-refractivity contribution is 6.31. The Morgan fingerprint density at radius 1 is 1.09 bits per heavy atom. The van der Waals surface area contributed by atoms with E-state index in [0.29, 0.717) is 33.4 Å². The van der Waals surface area contributed by atoms with E-state index in [1.165, 1.54) is 6.20 Å². The van der Waals surface area contributed by atoms with Crippen LogP contribution in [0.3, 0.4) is 0 Å². The highest BCUT2D eigenvalue weighted by atomic mass is 35.5. The molecule has 3 aromatic rings. The van der Waals surface area contributed by atoms with Crippen molar-refractivity contribution in [1.29, 1.82) is 0 Å². The van der Waals surface area contributed by atoms with Crippen LogP contribution in [0.4, 0.5) is 0 Å². The summed E-state index contributed by atoms with van der Waals surface area (Å²) in [5.41, 5.74) is 6.40. The summed E-state index contributed by atoms with van der Waals surface area (Å²) in [5.74, 6) is 0.928. The SMILES string of the molecule is NC(=O)COc1ccc(Oc2cnc3cc(Cl)ccc3n2)cc1. The zero-order chi connectivity index (χ0) is 16.2. The third-order valence-corrected chi connectivity index (χ3v) is 3.14. The third-order valence-electron chi connectivity index (χ3n) is 2.91. The number of rotatable bonds is 5. The Morgan fingerprint density at radius 2 is 1.83 bits per heavy atom. The smallest absolute Gasteiger partial charge is 0.255 e. The number of ether oxygens (including phenoxy) is 2. The largest absolute Gasteiger partial charge is 0.484 e. The normalized spacial score (nSPS) is 10.5. The van der Waals surface area contributed by atoms with Gasteiger partial charge in [-0.05, 0) is 42.5 Å². The number of amides is 1. The lowest BCUT2D eigenvalue weighted by Gasteiger charge is -2.07. The van der Waals surface area contributed by atoms with Gasteiger partial charge in [0, 0.05) is 5.02 Å². The monoisotopic (exact) mass is 329 g/mol. The molecule has 116 valence electrons. The average Bonchev–Trinajstić information content (AvgIpc) is 2.54. The molecular formula is C16H12ClN3O3. The van der Waals surface area contributed by atoms with Crippen LogP contribution in [0.1, 0.15) is 0 Å². The Morgan fingerprint density at radius 3 is 2.57 bits per heavy atom. The summed E-state index contributed by atoms with van der Waals surface area (Å²) < 4.78 is 10.8. The van der Waals surface area contributed by atoms with Gasteiger partial charge in [-0.15, -0.1) is 0 Å². The molecule has 0 aliphatic carbocycles. The summed E-state index contributed by atoms with van der Waals surface area (Å²) in [6, 6.07) is 12.0. The zero-order valence-electron chi connectivity index (χ0n) is 11.9. The number of benzene rings is 2. The van der Waals surface area contributed by atoms with Crippen LogP contribution in [0.5, 0.6) is 17.4 Å². The fourth-order valence-corrected chi connectivity index (χ4v) is 2.06. The van der Waals surface area contributed by atoms with Gasteiger partial charge in [0.15, 0.2) is 6.61 Å². The Kier molecular flexibility index (Phi) is 4.25. The van der Waals surface area contributed by atoms with Gasteiger partial charge in [0.05, 0.1) is 17.2 Å². The number of hydrogen-bond acceptors (Lipinski definition) is 5. The van der Waals surface area contributed by atoms with Crippen molar-refractivity contribution in [3.63, 3.8) is 0 Å². The van der Waals surface area contributed by atoms with Crippen LogP contribution in [0.2, 0.25) is 5.02 Å². The lowest BCUT2D eigenvalue weighted by atomic mass is 10.3. The number of carbonyl (C=O) groups is 1. The predicted octanol–water partition coefficient (Wildman–Crippen LogP) is 2.94. The lowest BCUT2D eigenvalue weighted by molar-refractivity contribution is -0.119. The van der Waals surface area contributed by atoms with Crippen molar-refractivity contribution in [2.75, 3.05) is 6.61 Å². The minimum Gasteiger partial charge on any atom is -0.484 e. The Balaban J connectivity index is 1.73. The quantitative estimate of drug-likeness (QED) is 0.777. The first-order valence-corrected chi connectivity index (χ1v) is 7.09. The van der Waals surface area contributed by atoms with E-state index >= 15 is 0 Å². The van der Waals surface area contributed by atoms with Crippen LogP contribution in [-0.2, 0) is 4.79 Å². The second-order valence-electron chi connectivity index (χ2n) is 4.67. The molecule has 0 bridgehead atoms. The number of carbonyl (C=O) groups excluding carboxylic acids is 1. The molecule has 23 heavy (non-hydrogen) atoms. The number of aromatic nitrogens is 2. The number of nitrogens with two attached hydrogens (primary N) is 1. The average molecular weight is 330 g/mol. The fraction of sp³-hybridized carbons (Fsp3) is 0.0625. The predicted molar refractivity (Wildman–Crippen MR) is 85.8 cm³/mol. The van der Waals surface area contributed by atoms with E-state index in [1.54, 1.807) is 42.5 Å². The summed E-state index contributed by atoms with van der Waals surface area (Å²) in [7, 11) is 0. The first-order chi connectivity index (χ1) is 11.1. The van der Waals surface area contributed by atoms with E-state index in [9.17, 15) is 4.79 Å². The number of halogens is 1. The van der Waals surface area contributed by atoms with Gasteiger partial charge < -0.3 is 15.2 Å². The van der Waals surface area contributed by atoms with E-state index in [0.717, 1.165) is 0 Å². The molecule has 1 amide bonds. The van der Waals surface area contributed by atoms with Crippen molar-refractivity contribution < 1.29 is 14.3 Å². The van der Waals surface area contributed by atoms with Gasteiger partial charge in [-0.1, -0.05) is 11.6 Å². The number of fused-ring (bicyclic) bond motifs is 1. The van der Waals surface area contributed by atoms with Crippen molar-refractivity contribution in [3.05, 3.63) is 53.7 Å². The molecule has 6 nitrogen and oxygen atoms in total. The lowest BCUT2D eigenvalue weighted by Crippen LogP contribution is -2.19. The minimum absolute atomic E-state index is 0.168. The van der Waals surface area contributed by atoms with Crippen LogP contribution in [0, 0.1) is 0 Å². The second-order valence-corrected chi connectivity index (χ2v) is 5.11. The van der Waals surface area contributed by atoms with Crippen molar-refractivity contribution in [2.45, 2.75) is 0 Å². The number of hydrogen-bond donors (Lipinski definition) is 1. The summed E-state index contributed by atoms with van der Waals surface area (Å²) >= 11 is 5.91. The van der Waals surface area contributed by atoms with E-state index in [1.807, 2.05) is 0 Å². The van der Waals surface area contributed by atoms with Crippen LogP contribution in [-0.4, -0.2) is 22.5 Å². The molecule has 0 saturated carbocycles. The van der Waals surface area contributed by atoms with Crippen molar-refractivity contribution in [2.24, 2.45) is 5.73 Å². The molecule has 1 aromatic heterocycles. The number of nitrogens with zero attached hydrogens (tertiary/aromatic N) is 2. The topological polar surface area (TPSA) is 87.3 Å². The van der Waals surface area contributed by atoms with Gasteiger partial charge in [0.1, 0.15) is 11.5 Å². The van der Waals surface area contributed by atoms with Crippen LogP contribution < -0.4 is 15.2 Å². The highest BCUT2D eigenvalue weighted by Gasteiger charge is 2.04. The van der Waals surface area contributed by atoms with Crippen molar-refractivity contribution in [1.82, 2.24) is 9.97 Å². The molecule has 0 fully saturated rings.